The highest BCUT2D eigenvalue weighted by atomic mass is 32.1. The predicted molar refractivity (Wildman–Crippen MR) is 209 cm³/mol. The zero-order chi connectivity index (χ0) is 34.2. The van der Waals surface area contributed by atoms with Gasteiger partial charge in [0.15, 0.2) is 0 Å². The van der Waals surface area contributed by atoms with Crippen LogP contribution in [0.15, 0.2) is 140 Å². The monoisotopic (exact) mass is 665 g/mol. The van der Waals surface area contributed by atoms with Crippen molar-refractivity contribution >= 4 is 80.8 Å². The fourth-order valence-electron chi connectivity index (χ4n) is 7.79. The Kier molecular flexibility index (Phi) is 6.17. The normalized spacial score (nSPS) is 11.5. The molecule has 3 aromatic heterocycles. The van der Waals surface area contributed by atoms with Gasteiger partial charge in [0.05, 0.1) is 50.5 Å². The van der Waals surface area contributed by atoms with E-state index in [0.29, 0.717) is 16.8 Å². The zero-order valence-electron chi connectivity index (χ0n) is 26.9. The number of fused-ring (bicyclic) bond motifs is 9. The number of benzene rings is 7. The smallest absolute Gasteiger partial charge is 0.204 e. The van der Waals surface area contributed by atoms with Gasteiger partial charge in [-0.05, 0) is 77.2 Å². The van der Waals surface area contributed by atoms with Crippen LogP contribution in [-0.4, -0.2) is 9.13 Å². The summed E-state index contributed by atoms with van der Waals surface area (Å²) >= 11 is 1.53. The third kappa shape index (κ3) is 4.11. The molecule has 0 spiro atoms. The highest BCUT2D eigenvalue weighted by Gasteiger charge is 2.22. The van der Waals surface area contributed by atoms with Crippen molar-refractivity contribution in [1.29, 1.82) is 10.5 Å². The van der Waals surface area contributed by atoms with Gasteiger partial charge in [-0.1, -0.05) is 78.9 Å². The Labute approximate surface area is 296 Å². The average Bonchev–Trinajstić information content (AvgIpc) is 3.84. The maximum absolute atomic E-state index is 10.8. The first kappa shape index (κ1) is 28.8. The summed E-state index contributed by atoms with van der Waals surface area (Å²) in [5.41, 5.74) is 10.0. The van der Waals surface area contributed by atoms with E-state index in [4.69, 9.17) is 6.57 Å². The Morgan fingerprint density at radius 2 is 1.14 bits per heavy atom. The Hall–Kier alpha value is -7.17. The van der Waals surface area contributed by atoms with Gasteiger partial charge in [-0.2, -0.15) is 10.5 Å². The first-order chi connectivity index (χ1) is 25.2. The molecule has 10 rings (SSSR count). The van der Waals surface area contributed by atoms with Gasteiger partial charge in [-0.3, -0.25) is 0 Å². The molecule has 0 N–H and O–H groups in total. The highest BCUT2D eigenvalue weighted by molar-refractivity contribution is 7.26. The van der Waals surface area contributed by atoms with E-state index in [9.17, 15) is 10.5 Å². The van der Waals surface area contributed by atoms with E-state index >= 15 is 0 Å². The Morgan fingerprint density at radius 1 is 0.510 bits per heavy atom. The maximum atomic E-state index is 10.8. The molecule has 3 heterocycles. The molecular formula is C45H23N5S. The van der Waals surface area contributed by atoms with Crippen molar-refractivity contribution in [1.82, 2.24) is 9.13 Å². The predicted octanol–water partition coefficient (Wildman–Crippen LogP) is 12.2. The summed E-state index contributed by atoms with van der Waals surface area (Å²) in [5.74, 6) is 0. The van der Waals surface area contributed by atoms with Crippen LogP contribution in [0.3, 0.4) is 0 Å². The molecule has 5 nitrogen and oxygen atoms in total. The summed E-state index contributed by atoms with van der Waals surface area (Å²) < 4.78 is 6.30. The van der Waals surface area contributed by atoms with Crippen LogP contribution in [0.5, 0.6) is 0 Å². The van der Waals surface area contributed by atoms with E-state index in [0.717, 1.165) is 86.3 Å². The van der Waals surface area contributed by atoms with E-state index in [1.807, 2.05) is 54.6 Å². The van der Waals surface area contributed by atoms with Crippen LogP contribution >= 0.6 is 11.3 Å². The summed E-state index contributed by atoms with van der Waals surface area (Å²) in [7, 11) is 0. The molecule has 0 radical (unpaired) electrons. The van der Waals surface area contributed by atoms with Gasteiger partial charge in [-0.25, -0.2) is 4.85 Å². The van der Waals surface area contributed by atoms with Crippen LogP contribution in [0, 0.1) is 29.2 Å². The molecule has 7 aromatic carbocycles. The second kappa shape index (κ2) is 10.9. The van der Waals surface area contributed by atoms with Crippen LogP contribution in [0.25, 0.3) is 91.1 Å². The molecule has 0 saturated carbocycles. The Balaban J connectivity index is 1.19. The molecule has 0 unspecified atom stereocenters. The average molecular weight is 666 g/mol. The van der Waals surface area contributed by atoms with Gasteiger partial charge in [0, 0.05) is 43.0 Å². The van der Waals surface area contributed by atoms with E-state index in [1.54, 1.807) is 0 Å². The molecule has 0 aliphatic heterocycles. The number of hydrogen-bond donors (Lipinski definition) is 0. The SMILES string of the molecule is [C-]#[N+]c1cccc2c1sc1c(C#N)c3c(cc12)c1ccccc1n3-c1cccc(-c2cccc(-n3c4ccccc4c4cc(C#N)ccc43)c2)c1. The molecule has 234 valence electrons. The number of thiophene rings is 1. The number of para-hydroxylation sites is 2. The van der Waals surface area contributed by atoms with Gasteiger partial charge in [-0.15, -0.1) is 11.3 Å². The lowest BCUT2D eigenvalue weighted by molar-refractivity contribution is 1.17. The lowest BCUT2D eigenvalue weighted by Gasteiger charge is -2.13. The van der Waals surface area contributed by atoms with Crippen LogP contribution in [0.4, 0.5) is 5.69 Å². The quantitative estimate of drug-likeness (QED) is 0.176. The minimum atomic E-state index is 0.609. The number of hydrogen-bond acceptors (Lipinski definition) is 3. The van der Waals surface area contributed by atoms with Crippen molar-refractivity contribution in [3.05, 3.63) is 162 Å². The fourth-order valence-corrected chi connectivity index (χ4v) is 9.03. The van der Waals surface area contributed by atoms with Gasteiger partial charge in [0.2, 0.25) is 5.69 Å². The minimum absolute atomic E-state index is 0.609. The fraction of sp³-hybridized carbons (Fsp3) is 0. The molecule has 0 aliphatic rings. The minimum Gasteiger partial charge on any atom is -0.309 e. The molecule has 10 aromatic rings. The standard InChI is InChI=1S/C45H23N5S/c1-48-39-16-8-15-34-37-24-36-33-14-3-5-18-41(33)50(43(36)38(26-47)44(37)51-45(34)39)31-12-7-10-29(23-31)28-9-6-11-30(22-28)49-40-17-4-2-13-32(40)35-21-27(25-46)19-20-42(35)49/h2-24H. The lowest BCUT2D eigenvalue weighted by atomic mass is 10.0. The molecule has 0 amide bonds. The molecule has 0 atom stereocenters. The van der Waals surface area contributed by atoms with Crippen molar-refractivity contribution < 1.29 is 0 Å². The summed E-state index contributed by atoms with van der Waals surface area (Å²) in [5, 5.41) is 26.6. The molecule has 51 heavy (non-hydrogen) atoms. The van der Waals surface area contributed by atoms with Gasteiger partial charge >= 0.3 is 0 Å². The molecule has 6 heteroatoms. The van der Waals surface area contributed by atoms with Crippen LogP contribution < -0.4 is 0 Å². The third-order valence-corrected chi connectivity index (χ3v) is 11.2. The summed E-state index contributed by atoms with van der Waals surface area (Å²) in [6.45, 7) is 7.75. The summed E-state index contributed by atoms with van der Waals surface area (Å²) in [6.07, 6.45) is 0. The van der Waals surface area contributed by atoms with Gasteiger partial charge < -0.3 is 9.13 Å². The topological polar surface area (TPSA) is 61.8 Å². The molecule has 0 bridgehead atoms. The number of rotatable bonds is 3. The van der Waals surface area contributed by atoms with Gasteiger partial charge in [0.1, 0.15) is 6.07 Å². The van der Waals surface area contributed by atoms with Crippen molar-refractivity contribution in [2.24, 2.45) is 0 Å². The summed E-state index contributed by atoms with van der Waals surface area (Å²) in [6, 6.07) is 52.5. The zero-order valence-corrected chi connectivity index (χ0v) is 27.7. The van der Waals surface area contributed by atoms with Gasteiger partial charge in [0.25, 0.3) is 0 Å². The van der Waals surface area contributed by atoms with Crippen LogP contribution in [0.1, 0.15) is 11.1 Å². The van der Waals surface area contributed by atoms with E-state index in [-0.39, 0.29) is 0 Å². The van der Waals surface area contributed by atoms with Crippen molar-refractivity contribution in [2.45, 2.75) is 0 Å². The molecular weight excluding hydrogens is 643 g/mol. The largest absolute Gasteiger partial charge is 0.309 e. The summed E-state index contributed by atoms with van der Waals surface area (Å²) in [4.78, 5) is 3.78. The molecule has 0 saturated heterocycles. The molecule has 0 aliphatic carbocycles. The Morgan fingerprint density at radius 3 is 1.84 bits per heavy atom. The second-order valence-corrected chi connectivity index (χ2v) is 13.7. The third-order valence-electron chi connectivity index (χ3n) is 9.98. The first-order valence-electron chi connectivity index (χ1n) is 16.5. The van der Waals surface area contributed by atoms with Crippen molar-refractivity contribution in [2.75, 3.05) is 0 Å². The van der Waals surface area contributed by atoms with Crippen molar-refractivity contribution in [3.8, 4) is 34.6 Å². The number of nitrogens with zero attached hydrogens (tertiary/aromatic N) is 5. The van der Waals surface area contributed by atoms with Crippen LogP contribution in [0.2, 0.25) is 0 Å². The van der Waals surface area contributed by atoms with E-state index < -0.39 is 0 Å². The molecule has 0 fully saturated rings. The number of aromatic nitrogens is 2. The first-order valence-corrected chi connectivity index (χ1v) is 17.3. The Bertz CT molecular complexity index is 3240. The highest BCUT2D eigenvalue weighted by Crippen LogP contribution is 2.46. The maximum Gasteiger partial charge on any atom is 0.204 e. The number of nitriles is 2. The lowest BCUT2D eigenvalue weighted by Crippen LogP contribution is -1.97. The van der Waals surface area contributed by atoms with Crippen molar-refractivity contribution in [3.63, 3.8) is 0 Å². The van der Waals surface area contributed by atoms with E-state index in [2.05, 4.69) is 111 Å². The second-order valence-electron chi connectivity index (χ2n) is 12.7. The van der Waals surface area contributed by atoms with Crippen LogP contribution in [-0.2, 0) is 0 Å². The van der Waals surface area contributed by atoms with E-state index in [1.165, 1.54) is 11.3 Å².